The first kappa shape index (κ1) is 8.61. The van der Waals surface area contributed by atoms with E-state index in [1.807, 2.05) is 0 Å². The van der Waals surface area contributed by atoms with Gasteiger partial charge in [0.15, 0.2) is 1.41 Å². The lowest BCUT2D eigenvalue weighted by molar-refractivity contribution is -0.0412. The van der Waals surface area contributed by atoms with E-state index >= 15 is 0 Å². The molecule has 0 aromatic heterocycles. The van der Waals surface area contributed by atoms with Gasteiger partial charge >= 0.3 is 0 Å². The Morgan fingerprint density at radius 2 is 2.09 bits per heavy atom. The van der Waals surface area contributed by atoms with Gasteiger partial charge in [-0.05, 0) is 6.42 Å². The molecule has 0 bridgehead atoms. The smallest absolute Gasteiger partial charge is 0.187 e. The maximum absolute atomic E-state index is 9.06. The second-order valence-corrected chi connectivity index (χ2v) is 2.21. The molecular weight excluding hydrogens is 150 g/mol. The Bertz CT molecular complexity index is 144. The van der Waals surface area contributed by atoms with Crippen molar-refractivity contribution in [2.45, 2.75) is 24.7 Å². The van der Waals surface area contributed by atoms with Gasteiger partial charge < -0.3 is 25.8 Å². The predicted molar refractivity (Wildman–Crippen MR) is 38.5 cm³/mol. The summed E-state index contributed by atoms with van der Waals surface area (Å²) in [6, 6.07) is 0. The highest BCUT2D eigenvalue weighted by molar-refractivity contribution is 5.59. The molecule has 0 saturated heterocycles. The average Bonchev–Trinajstić information content (AvgIpc) is 2.04. The summed E-state index contributed by atoms with van der Waals surface area (Å²) in [6.07, 6.45) is -3.21. The van der Waals surface area contributed by atoms with E-state index in [1.165, 1.54) is 0 Å². The van der Waals surface area contributed by atoms with E-state index in [0.717, 1.165) is 6.21 Å². The van der Waals surface area contributed by atoms with Crippen LogP contribution < -0.4 is 0 Å². The minimum atomic E-state index is -1.41. The van der Waals surface area contributed by atoms with Crippen molar-refractivity contribution in [2.75, 3.05) is 6.61 Å². The Morgan fingerprint density at radius 3 is 2.55 bits per heavy atom. The molecule has 0 rings (SSSR count). The molecule has 0 aliphatic heterocycles. The number of hydrogen-bond donors (Lipinski definition) is 5. The minimum absolute atomic E-state index is 0.0237. The molecule has 0 heterocycles. The van der Waals surface area contributed by atoms with Gasteiger partial charge in [0.2, 0.25) is 0 Å². The Balaban J connectivity index is 3.90. The second-order valence-electron chi connectivity index (χ2n) is 2.21. The van der Waals surface area contributed by atoms with Gasteiger partial charge in [-0.2, -0.15) is 0 Å². The van der Waals surface area contributed by atoms with Crippen molar-refractivity contribution in [3.05, 3.63) is 0 Å². The van der Waals surface area contributed by atoms with Crippen molar-refractivity contribution in [3.63, 3.8) is 0 Å². The van der Waals surface area contributed by atoms with Crippen LogP contribution in [-0.2, 0) is 0 Å². The second kappa shape index (κ2) is 5.20. The molecule has 5 N–H and O–H groups in total. The van der Waals surface area contributed by atoms with E-state index in [0.29, 0.717) is 0 Å². The molecule has 66 valence electrons. The van der Waals surface area contributed by atoms with Crippen molar-refractivity contribution in [3.8, 4) is 0 Å². The van der Waals surface area contributed by atoms with Gasteiger partial charge in [-0.1, -0.05) is 0 Å². The van der Waals surface area contributed by atoms with E-state index in [9.17, 15) is 0 Å². The fourth-order valence-corrected chi connectivity index (χ4v) is 0.619. The first-order valence-electron chi connectivity index (χ1n) is 3.70. The molecule has 0 spiro atoms. The summed E-state index contributed by atoms with van der Waals surface area (Å²) >= 11 is 0. The number of nitrogens with one attached hydrogen (secondary N) is 1. The maximum atomic E-state index is 9.06. The van der Waals surface area contributed by atoms with Gasteiger partial charge in [0.1, 0.15) is 12.2 Å². The molecule has 0 fully saturated rings. The molecule has 0 aliphatic rings. The van der Waals surface area contributed by atoms with Gasteiger partial charge in [0.05, 0.1) is 6.10 Å². The maximum Gasteiger partial charge on any atom is 0.187 e. The average molecular weight is 164 g/mol. The summed E-state index contributed by atoms with van der Waals surface area (Å²) in [4.78, 5) is 0. The summed E-state index contributed by atoms with van der Waals surface area (Å²) in [5.74, 6) is 0. The molecule has 0 saturated carbocycles. The van der Waals surface area contributed by atoms with Gasteiger partial charge in [-0.25, -0.2) is 0 Å². The fourth-order valence-electron chi connectivity index (χ4n) is 0.619. The summed E-state index contributed by atoms with van der Waals surface area (Å²) in [5.41, 5.74) is 0. The van der Waals surface area contributed by atoms with Crippen LogP contribution in [0.4, 0.5) is 0 Å². The van der Waals surface area contributed by atoms with Gasteiger partial charge in [-0.3, -0.25) is 0 Å². The van der Waals surface area contributed by atoms with Crippen molar-refractivity contribution in [1.29, 1.82) is 5.40 Å². The van der Waals surface area contributed by atoms with Crippen LogP contribution >= 0.6 is 0 Å². The molecule has 0 aliphatic carbocycles. The van der Waals surface area contributed by atoms with Gasteiger partial charge in [-0.15, -0.1) is 0 Å². The first-order valence-corrected chi connectivity index (χ1v) is 3.26. The first-order chi connectivity index (χ1) is 5.63. The van der Waals surface area contributed by atoms with Crippen LogP contribution in [0.15, 0.2) is 0 Å². The lowest BCUT2D eigenvalue weighted by atomic mass is 10.1. The van der Waals surface area contributed by atoms with Crippen LogP contribution in [0.3, 0.4) is 0 Å². The molecule has 0 aromatic rings. The number of aliphatic hydroxyl groups is 4. The topological polar surface area (TPSA) is 105 Å². The lowest BCUT2D eigenvalue weighted by Crippen LogP contribution is -2.38. The molecule has 5 heteroatoms. The third-order valence-electron chi connectivity index (χ3n) is 1.32. The van der Waals surface area contributed by atoms with Crippen LogP contribution in [-0.4, -0.2) is 51.6 Å². The molecule has 5 nitrogen and oxygen atoms in total. The zero-order chi connectivity index (χ0) is 9.56. The van der Waals surface area contributed by atoms with Crippen LogP contribution in [0.2, 0.25) is 1.41 Å². The lowest BCUT2D eigenvalue weighted by Gasteiger charge is -2.18. The molecule has 0 radical (unpaired) electrons. The number of aliphatic hydroxyl groups excluding tert-OH is 4. The highest BCUT2D eigenvalue weighted by Crippen LogP contribution is 2.01. The predicted octanol–water partition coefficient (Wildman–Crippen LogP) is -1.90. The van der Waals surface area contributed by atoms with Crippen molar-refractivity contribution in [1.82, 2.24) is 0 Å². The third-order valence-corrected chi connectivity index (χ3v) is 1.32. The van der Waals surface area contributed by atoms with E-state index < -0.39 is 18.3 Å². The van der Waals surface area contributed by atoms with E-state index in [1.54, 1.807) is 0 Å². The van der Waals surface area contributed by atoms with Crippen LogP contribution in [0, 0.1) is 5.40 Å². The summed E-state index contributed by atoms with van der Waals surface area (Å²) < 4.78 is 6.34. The highest BCUT2D eigenvalue weighted by atomic mass is 16.4. The quantitative estimate of drug-likeness (QED) is 0.306. The zero-order valence-electron chi connectivity index (χ0n) is 6.96. The van der Waals surface area contributed by atoms with Crippen LogP contribution in [0.1, 0.15) is 6.42 Å². The van der Waals surface area contributed by atoms with E-state index in [2.05, 4.69) is 5.40 Å². The third kappa shape index (κ3) is 3.43. The van der Waals surface area contributed by atoms with Crippen molar-refractivity contribution < 1.29 is 21.8 Å². The zero-order valence-corrected chi connectivity index (χ0v) is 5.96. The molecule has 3 atom stereocenters. The molecule has 0 aromatic carbocycles. The van der Waals surface area contributed by atoms with Crippen LogP contribution in [0.25, 0.3) is 0 Å². The summed E-state index contributed by atoms with van der Waals surface area (Å²) in [7, 11) is 0. The SMILES string of the molecule is [2H]N=C[C@H](O)[C@@H](O)[C@H](O)CCO. The van der Waals surface area contributed by atoms with Crippen LogP contribution in [0.5, 0.6) is 0 Å². The fraction of sp³-hybridized carbons (Fsp3) is 0.833. The normalized spacial score (nSPS) is 21.3. The Kier molecular flexibility index (Phi) is 4.07. The van der Waals surface area contributed by atoms with Crippen molar-refractivity contribution in [2.24, 2.45) is 0 Å². The standard InChI is InChI=1S/C6H13NO4/c7-3-5(10)6(11)4(9)1-2-8/h3-11H,1-2H2/t4-,5+,6+/m1/s1/i/hD. The monoisotopic (exact) mass is 164 g/mol. The largest absolute Gasteiger partial charge is 0.396 e. The Labute approximate surface area is 65.9 Å². The Hall–Kier alpha value is -0.490. The van der Waals surface area contributed by atoms with Gasteiger partial charge in [0.25, 0.3) is 0 Å². The highest BCUT2D eigenvalue weighted by Gasteiger charge is 2.21. The van der Waals surface area contributed by atoms with E-state index in [-0.39, 0.29) is 13.0 Å². The molecule has 11 heavy (non-hydrogen) atoms. The minimum Gasteiger partial charge on any atom is -0.396 e. The molecule has 0 unspecified atom stereocenters. The number of hydrogen-bond acceptors (Lipinski definition) is 5. The summed E-state index contributed by atoms with van der Waals surface area (Å²) in [5, 5.41) is 38.2. The molecule has 0 amide bonds. The number of rotatable bonds is 5. The van der Waals surface area contributed by atoms with Crippen molar-refractivity contribution >= 4 is 6.21 Å². The van der Waals surface area contributed by atoms with Gasteiger partial charge in [0, 0.05) is 12.8 Å². The molecular formula is C6H13NO4. The van der Waals surface area contributed by atoms with E-state index in [4.69, 9.17) is 21.8 Å². The summed E-state index contributed by atoms with van der Waals surface area (Å²) in [6.45, 7) is -0.275. The Morgan fingerprint density at radius 1 is 1.45 bits per heavy atom.